The van der Waals surface area contributed by atoms with Crippen LogP contribution >= 0.6 is 11.6 Å². The van der Waals surface area contributed by atoms with Crippen LogP contribution in [-0.4, -0.2) is 21.8 Å². The Labute approximate surface area is 226 Å². The first-order valence-corrected chi connectivity index (χ1v) is 12.8. The third kappa shape index (κ3) is 5.09. The fraction of sp³-hybridized carbons (Fsp3) is 0.121. The summed E-state index contributed by atoms with van der Waals surface area (Å²) in [5, 5.41) is 11.9. The van der Waals surface area contributed by atoms with Crippen LogP contribution < -0.4 is 0 Å². The van der Waals surface area contributed by atoms with E-state index < -0.39 is 5.97 Å². The van der Waals surface area contributed by atoms with Crippen LogP contribution in [0.3, 0.4) is 0 Å². The van der Waals surface area contributed by atoms with Crippen molar-refractivity contribution in [2.45, 2.75) is 26.2 Å². The summed E-state index contributed by atoms with van der Waals surface area (Å²) in [4.78, 5) is 29.3. The third-order valence-electron chi connectivity index (χ3n) is 6.99. The number of carboxylic acids is 1. The normalized spacial score (nSPS) is 11.9. The summed E-state index contributed by atoms with van der Waals surface area (Å²) in [5.41, 5.74) is 6.77. The Bertz CT molecular complexity index is 1670. The second-order valence-electron chi connectivity index (χ2n) is 9.50. The molecule has 0 aliphatic carbocycles. The Kier molecular flexibility index (Phi) is 7.08. The molecule has 0 amide bonds. The largest absolute Gasteiger partial charge is 0.478 e. The zero-order valence-electron chi connectivity index (χ0n) is 21.1. The van der Waals surface area contributed by atoms with Crippen molar-refractivity contribution in [2.75, 3.05) is 0 Å². The minimum atomic E-state index is -0.946. The maximum Gasteiger partial charge on any atom is 0.336 e. The summed E-state index contributed by atoms with van der Waals surface area (Å²) in [6.07, 6.45) is 1.97. The van der Waals surface area contributed by atoms with E-state index in [0.717, 1.165) is 38.9 Å². The first-order valence-electron chi connectivity index (χ1n) is 12.4. The maximum absolute atomic E-state index is 13.4. The number of nitrogens with zero attached hydrogens (tertiary/aromatic N) is 1. The van der Waals surface area contributed by atoms with Crippen molar-refractivity contribution < 1.29 is 14.7 Å². The van der Waals surface area contributed by atoms with E-state index in [9.17, 15) is 14.7 Å². The average molecular weight is 520 g/mol. The van der Waals surface area contributed by atoms with Crippen LogP contribution in [0.2, 0.25) is 5.02 Å². The number of halogens is 1. The van der Waals surface area contributed by atoms with Crippen LogP contribution in [0.25, 0.3) is 21.9 Å². The van der Waals surface area contributed by atoms with Crippen molar-refractivity contribution in [1.29, 1.82) is 0 Å². The van der Waals surface area contributed by atoms with Crippen LogP contribution in [0.15, 0.2) is 97.2 Å². The highest BCUT2D eigenvalue weighted by molar-refractivity contribution is 6.30. The molecule has 38 heavy (non-hydrogen) atoms. The van der Waals surface area contributed by atoms with Gasteiger partial charge in [-0.3, -0.25) is 9.78 Å². The summed E-state index contributed by atoms with van der Waals surface area (Å²) < 4.78 is 0. The molecule has 1 aromatic heterocycles. The van der Waals surface area contributed by atoms with Gasteiger partial charge in [0.15, 0.2) is 5.78 Å². The number of fused-ring (bicyclic) bond motifs is 1. The van der Waals surface area contributed by atoms with E-state index in [1.807, 2.05) is 80.6 Å². The number of carbonyl (C=O) groups excluding carboxylic acids is 1. The Morgan fingerprint density at radius 2 is 1.61 bits per heavy atom. The van der Waals surface area contributed by atoms with Crippen LogP contribution in [0.5, 0.6) is 0 Å². The van der Waals surface area contributed by atoms with Gasteiger partial charge in [-0.15, -0.1) is 0 Å². The number of benzene rings is 4. The van der Waals surface area contributed by atoms with E-state index in [1.165, 1.54) is 0 Å². The van der Waals surface area contributed by atoms with Gasteiger partial charge in [0.05, 0.1) is 5.56 Å². The van der Waals surface area contributed by atoms with Crippen molar-refractivity contribution in [2.24, 2.45) is 0 Å². The van der Waals surface area contributed by atoms with Crippen molar-refractivity contribution >= 4 is 34.1 Å². The minimum Gasteiger partial charge on any atom is -0.478 e. The van der Waals surface area contributed by atoms with Gasteiger partial charge >= 0.3 is 5.97 Å². The zero-order chi connectivity index (χ0) is 26.8. The van der Waals surface area contributed by atoms with Crippen molar-refractivity contribution in [3.63, 3.8) is 0 Å². The van der Waals surface area contributed by atoms with Crippen LogP contribution in [0, 0.1) is 13.8 Å². The fourth-order valence-corrected chi connectivity index (χ4v) is 5.32. The lowest BCUT2D eigenvalue weighted by molar-refractivity contribution is 0.0698. The molecule has 1 heterocycles. The van der Waals surface area contributed by atoms with Gasteiger partial charge in [0.1, 0.15) is 0 Å². The molecule has 0 spiro atoms. The Hall–Kier alpha value is -4.28. The number of Topliss-reactive ketones (excluding diaryl/α,β-unsaturated/α-hetero) is 1. The molecule has 0 saturated carbocycles. The highest BCUT2D eigenvalue weighted by Crippen LogP contribution is 2.36. The molecule has 5 aromatic rings. The molecule has 0 unspecified atom stereocenters. The molecule has 1 N–H and O–H groups in total. The number of hydrogen-bond acceptors (Lipinski definition) is 3. The predicted octanol–water partition coefficient (Wildman–Crippen LogP) is 8.28. The lowest BCUT2D eigenvalue weighted by Gasteiger charge is -2.21. The van der Waals surface area contributed by atoms with Gasteiger partial charge in [-0.1, -0.05) is 72.3 Å². The topological polar surface area (TPSA) is 67.3 Å². The summed E-state index contributed by atoms with van der Waals surface area (Å²) in [6, 6.07) is 28.6. The number of pyridine rings is 1. The van der Waals surface area contributed by atoms with Gasteiger partial charge in [-0.2, -0.15) is 0 Å². The monoisotopic (exact) mass is 519 g/mol. The molecule has 4 nitrogen and oxygen atoms in total. The number of ketones is 1. The van der Waals surface area contributed by atoms with E-state index >= 15 is 0 Å². The summed E-state index contributed by atoms with van der Waals surface area (Å²) in [5.74, 6) is -1.05. The standard InChI is InChI=1S/C33H26ClNO3/c1-20-17-25(34)11-12-26(20)31(19-32(36)24-15-16-35-21(2)18-24)23-9-7-22(8-10-23)27-13-14-30(33(37)38)29-6-4-3-5-28(27)29/h3-18,31H,19H2,1-2H3,(H,37,38)/t31-/m1/s1. The van der Waals surface area contributed by atoms with E-state index in [2.05, 4.69) is 17.1 Å². The van der Waals surface area contributed by atoms with E-state index in [0.29, 0.717) is 22.4 Å². The minimum absolute atomic E-state index is 0.0502. The number of aryl methyl sites for hydroxylation is 2. The van der Waals surface area contributed by atoms with Gasteiger partial charge in [0, 0.05) is 34.8 Å². The number of rotatable bonds is 7. The van der Waals surface area contributed by atoms with Crippen molar-refractivity contribution in [3.8, 4) is 11.1 Å². The molecule has 0 aliphatic heterocycles. The molecule has 0 bridgehead atoms. The first kappa shape index (κ1) is 25.4. The molecule has 0 fully saturated rings. The Balaban J connectivity index is 1.55. The number of aromatic nitrogens is 1. The molecule has 1 atom stereocenters. The SMILES string of the molecule is Cc1cc(C(=O)C[C@H](c2ccc(-c3ccc(C(=O)O)c4ccccc34)cc2)c2ccc(Cl)cc2C)ccn1. The summed E-state index contributed by atoms with van der Waals surface area (Å²) in [7, 11) is 0. The van der Waals surface area contributed by atoms with Gasteiger partial charge in [-0.05, 0) is 82.8 Å². The predicted molar refractivity (Wildman–Crippen MR) is 152 cm³/mol. The van der Waals surface area contributed by atoms with Gasteiger partial charge in [0.2, 0.25) is 0 Å². The molecule has 5 rings (SSSR count). The maximum atomic E-state index is 13.4. The van der Waals surface area contributed by atoms with E-state index in [4.69, 9.17) is 11.6 Å². The van der Waals surface area contributed by atoms with E-state index in [-0.39, 0.29) is 17.3 Å². The van der Waals surface area contributed by atoms with Gasteiger partial charge in [-0.25, -0.2) is 4.79 Å². The molecular formula is C33H26ClNO3. The molecule has 188 valence electrons. The quantitative estimate of drug-likeness (QED) is 0.220. The zero-order valence-corrected chi connectivity index (χ0v) is 21.9. The second-order valence-corrected chi connectivity index (χ2v) is 9.94. The fourth-order valence-electron chi connectivity index (χ4n) is 5.09. The highest BCUT2D eigenvalue weighted by atomic mass is 35.5. The first-order chi connectivity index (χ1) is 18.3. The number of carbonyl (C=O) groups is 2. The Morgan fingerprint density at radius 1 is 0.868 bits per heavy atom. The molecule has 0 aliphatic rings. The van der Waals surface area contributed by atoms with Gasteiger partial charge < -0.3 is 5.11 Å². The van der Waals surface area contributed by atoms with Crippen LogP contribution in [0.1, 0.15) is 55.4 Å². The molecule has 5 heteroatoms. The molecular weight excluding hydrogens is 494 g/mol. The lowest BCUT2D eigenvalue weighted by Crippen LogP contribution is -2.11. The average Bonchev–Trinajstić information content (AvgIpc) is 2.91. The van der Waals surface area contributed by atoms with Crippen molar-refractivity contribution in [1.82, 2.24) is 4.98 Å². The lowest BCUT2D eigenvalue weighted by atomic mass is 9.83. The number of hydrogen-bond donors (Lipinski definition) is 1. The highest BCUT2D eigenvalue weighted by Gasteiger charge is 2.22. The summed E-state index contributed by atoms with van der Waals surface area (Å²) in [6.45, 7) is 3.89. The molecule has 0 saturated heterocycles. The van der Waals surface area contributed by atoms with Crippen LogP contribution in [-0.2, 0) is 0 Å². The summed E-state index contributed by atoms with van der Waals surface area (Å²) >= 11 is 6.24. The Morgan fingerprint density at radius 3 is 2.29 bits per heavy atom. The van der Waals surface area contributed by atoms with Gasteiger partial charge in [0.25, 0.3) is 0 Å². The molecule has 4 aromatic carbocycles. The van der Waals surface area contributed by atoms with E-state index in [1.54, 1.807) is 18.3 Å². The third-order valence-corrected chi connectivity index (χ3v) is 7.23. The number of carboxylic acid groups (broad SMARTS) is 1. The number of aromatic carboxylic acids is 1. The van der Waals surface area contributed by atoms with Crippen molar-refractivity contribution in [3.05, 3.63) is 136 Å². The smallest absolute Gasteiger partial charge is 0.336 e. The van der Waals surface area contributed by atoms with Crippen LogP contribution in [0.4, 0.5) is 0 Å². The second kappa shape index (κ2) is 10.6. The molecule has 0 radical (unpaired) electrons.